The molecule has 0 aromatic carbocycles. The molecule has 0 radical (unpaired) electrons. The van der Waals surface area contributed by atoms with E-state index in [-0.39, 0.29) is 10.3 Å². The summed E-state index contributed by atoms with van der Waals surface area (Å²) in [6.07, 6.45) is 2.61. The second-order valence-electron chi connectivity index (χ2n) is 3.53. The first kappa shape index (κ1) is 11.1. The molecule has 2 rings (SSSR count). The summed E-state index contributed by atoms with van der Waals surface area (Å²) in [6.45, 7) is 0. The molecule has 1 fully saturated rings. The van der Waals surface area contributed by atoms with Crippen molar-refractivity contribution in [3.05, 3.63) is 20.8 Å². The zero-order valence-corrected chi connectivity index (χ0v) is 9.93. The summed E-state index contributed by atoms with van der Waals surface area (Å²) < 4.78 is 6.22. The van der Waals surface area contributed by atoms with Gasteiger partial charge in [0.2, 0.25) is 0 Å². The van der Waals surface area contributed by atoms with Gasteiger partial charge in [0.15, 0.2) is 5.54 Å². The molecule has 0 N–H and O–H groups in total. The van der Waals surface area contributed by atoms with Crippen LogP contribution in [0.3, 0.4) is 0 Å². The van der Waals surface area contributed by atoms with Crippen LogP contribution < -0.4 is 0 Å². The van der Waals surface area contributed by atoms with Gasteiger partial charge in [-0.3, -0.25) is 0 Å². The number of nitrogens with zero attached hydrogens (tertiary/aromatic N) is 3. The number of carbonyl (C=O) groups excluding carboxylic acids is 1. The Kier molecular flexibility index (Phi) is 2.45. The fraction of sp³-hybridized carbons (Fsp3) is 0.500. The smallest absolute Gasteiger partial charge is 0.404 e. The summed E-state index contributed by atoms with van der Waals surface area (Å²) >= 11 is 3.03. The van der Waals surface area contributed by atoms with Crippen LogP contribution in [0, 0.1) is 10.1 Å². The van der Waals surface area contributed by atoms with Crippen LogP contribution in [0.25, 0.3) is 0 Å². The van der Waals surface area contributed by atoms with Crippen molar-refractivity contribution < 1.29 is 14.5 Å². The van der Waals surface area contributed by atoms with Crippen molar-refractivity contribution in [2.24, 2.45) is 0 Å². The summed E-state index contributed by atoms with van der Waals surface area (Å²) in [4.78, 5) is 21.5. The first-order chi connectivity index (χ1) is 7.51. The molecule has 0 aliphatic heterocycles. The highest BCUT2D eigenvalue weighted by Crippen LogP contribution is 2.45. The summed E-state index contributed by atoms with van der Waals surface area (Å²) in [5.74, 6) is -0.715. The third kappa shape index (κ3) is 1.49. The average molecular weight is 290 g/mol. The first-order valence-corrected chi connectivity index (χ1v) is 5.29. The lowest BCUT2D eigenvalue weighted by molar-refractivity contribution is -0.390. The predicted molar refractivity (Wildman–Crippen MR) is 55.8 cm³/mol. The van der Waals surface area contributed by atoms with Gasteiger partial charge in [-0.2, -0.15) is 4.68 Å². The maximum absolute atomic E-state index is 11.5. The molecule has 86 valence electrons. The number of hydrogen-bond acceptors (Lipinski definition) is 5. The van der Waals surface area contributed by atoms with E-state index in [4.69, 9.17) is 0 Å². The van der Waals surface area contributed by atoms with Gasteiger partial charge in [0.1, 0.15) is 4.47 Å². The van der Waals surface area contributed by atoms with E-state index in [9.17, 15) is 14.9 Å². The Hall–Kier alpha value is -1.44. The van der Waals surface area contributed by atoms with Crippen molar-refractivity contribution >= 4 is 27.7 Å². The van der Waals surface area contributed by atoms with Gasteiger partial charge in [0, 0.05) is 0 Å². The number of hydrogen-bond donors (Lipinski definition) is 0. The average Bonchev–Trinajstić information content (AvgIpc) is 2.95. The number of carbonyl (C=O) groups is 1. The van der Waals surface area contributed by atoms with Gasteiger partial charge in [-0.25, -0.2) is 4.79 Å². The van der Waals surface area contributed by atoms with Gasteiger partial charge in [-0.05, 0) is 33.7 Å². The number of aromatic nitrogens is 2. The van der Waals surface area contributed by atoms with Crippen LogP contribution in [0.4, 0.5) is 5.82 Å². The van der Waals surface area contributed by atoms with Crippen molar-refractivity contribution in [1.82, 2.24) is 9.78 Å². The van der Waals surface area contributed by atoms with E-state index >= 15 is 0 Å². The third-order valence-electron chi connectivity index (χ3n) is 2.55. The van der Waals surface area contributed by atoms with Gasteiger partial charge in [0.05, 0.1) is 18.4 Å². The van der Waals surface area contributed by atoms with E-state index in [1.54, 1.807) is 0 Å². The van der Waals surface area contributed by atoms with Crippen LogP contribution in [0.1, 0.15) is 12.8 Å². The van der Waals surface area contributed by atoms with Crippen LogP contribution in [0.5, 0.6) is 0 Å². The molecule has 0 unspecified atom stereocenters. The van der Waals surface area contributed by atoms with Gasteiger partial charge in [0.25, 0.3) is 0 Å². The minimum Gasteiger partial charge on any atom is -0.467 e. The molecule has 1 heterocycles. The zero-order chi connectivity index (χ0) is 11.9. The summed E-state index contributed by atoms with van der Waals surface area (Å²) in [5, 5.41) is 14.4. The van der Waals surface area contributed by atoms with E-state index in [0.717, 1.165) is 0 Å². The molecule has 1 aromatic rings. The Morgan fingerprint density at radius 1 is 1.75 bits per heavy atom. The monoisotopic (exact) mass is 289 g/mol. The van der Waals surface area contributed by atoms with E-state index in [2.05, 4.69) is 25.8 Å². The lowest BCUT2D eigenvalue weighted by Crippen LogP contribution is -2.29. The standard InChI is InChI=1S/C8H8BrN3O4/c1-16-7(13)8(2-3-8)11-4-5(9)6(10-11)12(14)15/h4H,2-3H2,1H3. The highest BCUT2D eigenvalue weighted by atomic mass is 79.9. The number of halogens is 1. The van der Waals surface area contributed by atoms with E-state index in [0.29, 0.717) is 12.8 Å². The maximum atomic E-state index is 11.5. The summed E-state index contributed by atoms with van der Waals surface area (Å²) in [5.41, 5.74) is -0.842. The fourth-order valence-corrected chi connectivity index (χ4v) is 1.94. The number of nitro groups is 1. The third-order valence-corrected chi connectivity index (χ3v) is 3.11. The van der Waals surface area contributed by atoms with Crippen molar-refractivity contribution in [1.29, 1.82) is 0 Å². The van der Waals surface area contributed by atoms with Crippen molar-refractivity contribution in [2.75, 3.05) is 7.11 Å². The van der Waals surface area contributed by atoms with Crippen LogP contribution in [-0.2, 0) is 15.1 Å². The highest BCUT2D eigenvalue weighted by molar-refractivity contribution is 9.10. The molecule has 1 aromatic heterocycles. The molecule has 1 aliphatic rings. The van der Waals surface area contributed by atoms with Crippen molar-refractivity contribution in [3.63, 3.8) is 0 Å². The van der Waals surface area contributed by atoms with E-state index in [1.165, 1.54) is 18.0 Å². The molecule has 0 bridgehead atoms. The largest absolute Gasteiger partial charge is 0.467 e. The predicted octanol–water partition coefficient (Wildman–Crippen LogP) is 1.22. The number of esters is 1. The molecule has 1 saturated carbocycles. The normalized spacial score (nSPS) is 16.9. The van der Waals surface area contributed by atoms with Gasteiger partial charge in [-0.15, -0.1) is 0 Å². The molecular weight excluding hydrogens is 282 g/mol. The van der Waals surface area contributed by atoms with Crippen LogP contribution in [-0.4, -0.2) is 27.8 Å². The fourth-order valence-electron chi connectivity index (χ4n) is 1.52. The van der Waals surface area contributed by atoms with Gasteiger partial charge in [-0.1, -0.05) is 0 Å². The molecule has 7 nitrogen and oxygen atoms in total. The lowest BCUT2D eigenvalue weighted by Gasteiger charge is -2.08. The Bertz CT molecular complexity index is 466. The molecule has 16 heavy (non-hydrogen) atoms. The topological polar surface area (TPSA) is 87.3 Å². The minimum absolute atomic E-state index is 0.257. The van der Waals surface area contributed by atoms with Crippen molar-refractivity contribution in [3.8, 4) is 0 Å². The van der Waals surface area contributed by atoms with E-state index < -0.39 is 16.4 Å². The van der Waals surface area contributed by atoms with Gasteiger partial charge >= 0.3 is 11.8 Å². The summed E-state index contributed by atoms with van der Waals surface area (Å²) in [7, 11) is 1.29. The molecule has 0 atom stereocenters. The molecule has 0 saturated heterocycles. The van der Waals surface area contributed by atoms with Gasteiger partial charge < -0.3 is 14.9 Å². The zero-order valence-electron chi connectivity index (χ0n) is 8.34. The number of rotatable bonds is 3. The molecule has 1 aliphatic carbocycles. The Labute approximate surface area is 98.7 Å². The summed E-state index contributed by atoms with van der Waals surface area (Å²) in [6, 6.07) is 0. The quantitative estimate of drug-likeness (QED) is 0.474. The molecular formula is C8H8BrN3O4. The van der Waals surface area contributed by atoms with Crippen molar-refractivity contribution in [2.45, 2.75) is 18.4 Å². The Morgan fingerprint density at radius 2 is 2.38 bits per heavy atom. The van der Waals surface area contributed by atoms with E-state index in [1.807, 2.05) is 0 Å². The first-order valence-electron chi connectivity index (χ1n) is 4.50. The second-order valence-corrected chi connectivity index (χ2v) is 4.38. The highest BCUT2D eigenvalue weighted by Gasteiger charge is 2.56. The number of methoxy groups -OCH3 is 1. The molecule has 0 spiro atoms. The number of ether oxygens (including phenoxy) is 1. The molecule has 8 heteroatoms. The van der Waals surface area contributed by atoms with Crippen LogP contribution in [0.2, 0.25) is 0 Å². The van der Waals surface area contributed by atoms with Crippen LogP contribution >= 0.6 is 15.9 Å². The minimum atomic E-state index is -0.842. The lowest BCUT2D eigenvalue weighted by atomic mass is 10.3. The maximum Gasteiger partial charge on any atom is 0.404 e. The Morgan fingerprint density at radius 3 is 2.75 bits per heavy atom. The van der Waals surface area contributed by atoms with Crippen LogP contribution in [0.15, 0.2) is 10.7 Å². The Balaban J connectivity index is 2.39. The molecule has 0 amide bonds. The second kappa shape index (κ2) is 3.55. The SMILES string of the molecule is COC(=O)C1(n2cc(Br)c([N+](=O)[O-])n2)CC1.